The van der Waals surface area contributed by atoms with Gasteiger partial charge in [0.05, 0.1) is 5.56 Å². The number of rotatable bonds is 2. The lowest BCUT2D eigenvalue weighted by atomic mass is 9.82. The van der Waals surface area contributed by atoms with Crippen LogP contribution in [0.1, 0.15) is 10.4 Å². The third-order valence-electron chi connectivity index (χ3n) is 4.05. The molecule has 4 fully saturated rings. The standard InChI is InChI=1S/C14H14O7/c15-7-9-8(16)11-12(10(7)20-14(19-9)21-11)18-13(17)6-4-2-1-3-5-6/h1-5,7-12,14-16H/t7?,8?,9?,10-,11?,12?,14?/m0/s1. The zero-order valence-electron chi connectivity index (χ0n) is 10.9. The molecule has 6 unspecified atom stereocenters. The van der Waals surface area contributed by atoms with E-state index in [1.165, 1.54) is 0 Å². The highest BCUT2D eigenvalue weighted by Crippen LogP contribution is 2.41. The van der Waals surface area contributed by atoms with Gasteiger partial charge in [0.25, 0.3) is 6.48 Å². The van der Waals surface area contributed by atoms with Crippen LogP contribution in [0.2, 0.25) is 0 Å². The maximum absolute atomic E-state index is 12.1. The molecule has 112 valence electrons. The normalized spacial score (nSPS) is 43.8. The van der Waals surface area contributed by atoms with Gasteiger partial charge in [-0.05, 0) is 12.1 Å². The van der Waals surface area contributed by atoms with E-state index >= 15 is 0 Å². The van der Waals surface area contributed by atoms with Gasteiger partial charge in [0.1, 0.15) is 30.5 Å². The molecular formula is C14H14O7. The summed E-state index contributed by atoms with van der Waals surface area (Å²) < 4.78 is 21.3. The Bertz CT molecular complexity index is 528. The molecule has 21 heavy (non-hydrogen) atoms. The van der Waals surface area contributed by atoms with Crippen molar-refractivity contribution in [1.82, 2.24) is 0 Å². The molecule has 0 radical (unpaired) electrons. The Hall–Kier alpha value is -1.51. The minimum atomic E-state index is -1.06. The van der Waals surface area contributed by atoms with Gasteiger partial charge >= 0.3 is 5.97 Å². The van der Waals surface area contributed by atoms with Gasteiger partial charge in [0.2, 0.25) is 0 Å². The molecule has 3 saturated heterocycles. The fourth-order valence-electron chi connectivity index (χ4n) is 3.01. The molecule has 0 spiro atoms. The van der Waals surface area contributed by atoms with Crippen molar-refractivity contribution in [3.63, 3.8) is 0 Å². The molecule has 3 aliphatic heterocycles. The van der Waals surface area contributed by atoms with E-state index in [9.17, 15) is 15.0 Å². The Morgan fingerprint density at radius 2 is 1.52 bits per heavy atom. The van der Waals surface area contributed by atoms with Gasteiger partial charge in [0, 0.05) is 0 Å². The molecular weight excluding hydrogens is 280 g/mol. The highest BCUT2D eigenvalue weighted by Gasteiger charge is 2.62. The number of hydrogen-bond acceptors (Lipinski definition) is 7. The number of carbonyl (C=O) groups excluding carboxylic acids is 1. The lowest BCUT2D eigenvalue weighted by molar-refractivity contribution is -0.480. The molecule has 7 atom stereocenters. The molecule has 4 aliphatic rings. The van der Waals surface area contributed by atoms with E-state index in [2.05, 4.69) is 0 Å². The van der Waals surface area contributed by atoms with Crippen LogP contribution in [-0.2, 0) is 18.9 Å². The number of aliphatic hydroxyl groups is 2. The van der Waals surface area contributed by atoms with E-state index < -0.39 is 49.1 Å². The number of benzene rings is 1. The van der Waals surface area contributed by atoms with Gasteiger partial charge in [-0.15, -0.1) is 0 Å². The lowest BCUT2D eigenvalue weighted by Crippen LogP contribution is -2.75. The Labute approximate surface area is 120 Å². The average Bonchev–Trinajstić information content (AvgIpc) is 2.51. The molecule has 1 aromatic carbocycles. The maximum Gasteiger partial charge on any atom is 0.338 e. The number of carbonyl (C=O) groups is 1. The minimum absolute atomic E-state index is 0.381. The Kier molecular flexibility index (Phi) is 2.98. The predicted octanol–water partition coefficient (Wildman–Crippen LogP) is -0.586. The molecule has 1 aliphatic carbocycles. The number of aliphatic hydroxyl groups excluding tert-OH is 2. The topological polar surface area (TPSA) is 94.5 Å². The van der Waals surface area contributed by atoms with Crippen molar-refractivity contribution in [2.24, 2.45) is 0 Å². The van der Waals surface area contributed by atoms with Crippen LogP contribution in [0, 0.1) is 0 Å². The Balaban J connectivity index is 1.56. The summed E-state index contributed by atoms with van der Waals surface area (Å²) in [7, 11) is 0. The second-order valence-corrected chi connectivity index (χ2v) is 5.31. The van der Waals surface area contributed by atoms with E-state index in [4.69, 9.17) is 18.9 Å². The van der Waals surface area contributed by atoms with Gasteiger partial charge in [-0.25, -0.2) is 4.79 Å². The molecule has 1 aromatic rings. The smallest absolute Gasteiger partial charge is 0.338 e. The number of hydrogen-bond donors (Lipinski definition) is 2. The van der Waals surface area contributed by atoms with E-state index in [0.717, 1.165) is 0 Å². The molecule has 7 heteroatoms. The van der Waals surface area contributed by atoms with Crippen LogP contribution in [0.3, 0.4) is 0 Å². The fraction of sp³-hybridized carbons (Fsp3) is 0.500. The summed E-state index contributed by atoms with van der Waals surface area (Å²) in [4.78, 5) is 12.1. The molecule has 1 saturated carbocycles. The third-order valence-corrected chi connectivity index (χ3v) is 4.05. The maximum atomic E-state index is 12.1. The third kappa shape index (κ3) is 1.97. The first-order valence-corrected chi connectivity index (χ1v) is 6.74. The van der Waals surface area contributed by atoms with Crippen LogP contribution < -0.4 is 0 Å². The van der Waals surface area contributed by atoms with E-state index in [1.54, 1.807) is 30.3 Å². The van der Waals surface area contributed by atoms with Gasteiger partial charge in [-0.3, -0.25) is 0 Å². The first-order chi connectivity index (χ1) is 10.1. The SMILES string of the molecule is O=C(OC1C2OC3OC(C2O)C(O)[C@@H]1O3)c1ccccc1. The Morgan fingerprint density at radius 3 is 2.14 bits per heavy atom. The van der Waals surface area contributed by atoms with Gasteiger partial charge in [0.15, 0.2) is 6.10 Å². The summed E-state index contributed by atoms with van der Waals surface area (Å²) in [5, 5.41) is 20.2. The summed E-state index contributed by atoms with van der Waals surface area (Å²) in [6.45, 7) is -0.927. The Morgan fingerprint density at radius 1 is 0.952 bits per heavy atom. The van der Waals surface area contributed by atoms with Crippen LogP contribution in [0.5, 0.6) is 0 Å². The highest BCUT2D eigenvalue weighted by molar-refractivity contribution is 5.89. The van der Waals surface area contributed by atoms with Crippen LogP contribution in [0.15, 0.2) is 30.3 Å². The zero-order chi connectivity index (χ0) is 14.6. The number of ether oxygens (including phenoxy) is 4. The van der Waals surface area contributed by atoms with Crippen molar-refractivity contribution in [3.05, 3.63) is 35.9 Å². The molecule has 5 rings (SSSR count). The van der Waals surface area contributed by atoms with Crippen molar-refractivity contribution in [2.75, 3.05) is 0 Å². The van der Waals surface area contributed by atoms with Crippen LogP contribution in [-0.4, -0.2) is 59.3 Å². The van der Waals surface area contributed by atoms with Gasteiger partial charge < -0.3 is 29.2 Å². The van der Waals surface area contributed by atoms with Crippen molar-refractivity contribution in [1.29, 1.82) is 0 Å². The highest BCUT2D eigenvalue weighted by atomic mass is 16.9. The predicted molar refractivity (Wildman–Crippen MR) is 66.1 cm³/mol. The van der Waals surface area contributed by atoms with Crippen molar-refractivity contribution in [2.45, 2.75) is 43.1 Å². The quantitative estimate of drug-likeness (QED) is 0.704. The summed E-state index contributed by atoms with van der Waals surface area (Å²) >= 11 is 0. The lowest BCUT2D eigenvalue weighted by Gasteiger charge is -2.56. The van der Waals surface area contributed by atoms with E-state index in [-0.39, 0.29) is 0 Å². The van der Waals surface area contributed by atoms with Crippen molar-refractivity contribution < 1.29 is 34.0 Å². The van der Waals surface area contributed by atoms with Crippen LogP contribution >= 0.6 is 0 Å². The van der Waals surface area contributed by atoms with Gasteiger partial charge in [-0.1, -0.05) is 18.2 Å². The van der Waals surface area contributed by atoms with Crippen LogP contribution in [0.25, 0.3) is 0 Å². The summed E-state index contributed by atoms with van der Waals surface area (Å²) in [6.07, 6.45) is -5.31. The molecule has 2 N–H and O–H groups in total. The molecule has 7 nitrogen and oxygen atoms in total. The second-order valence-electron chi connectivity index (χ2n) is 5.31. The second kappa shape index (κ2) is 4.75. The fourth-order valence-corrected chi connectivity index (χ4v) is 3.01. The summed E-state index contributed by atoms with van der Waals surface area (Å²) in [6, 6.07) is 8.47. The van der Waals surface area contributed by atoms with Crippen LogP contribution in [0.4, 0.5) is 0 Å². The van der Waals surface area contributed by atoms with Crippen molar-refractivity contribution in [3.8, 4) is 0 Å². The summed E-state index contributed by atoms with van der Waals surface area (Å²) in [5.74, 6) is -0.555. The largest absolute Gasteiger partial charge is 0.453 e. The number of esters is 1. The summed E-state index contributed by atoms with van der Waals surface area (Å²) in [5.41, 5.74) is 0.381. The first kappa shape index (κ1) is 13.2. The van der Waals surface area contributed by atoms with Gasteiger partial charge in [-0.2, -0.15) is 0 Å². The zero-order valence-corrected chi connectivity index (χ0v) is 10.9. The molecule has 4 bridgehead atoms. The van der Waals surface area contributed by atoms with Crippen molar-refractivity contribution >= 4 is 5.97 Å². The minimum Gasteiger partial charge on any atom is -0.453 e. The first-order valence-electron chi connectivity index (χ1n) is 6.74. The molecule has 3 heterocycles. The molecule has 0 aromatic heterocycles. The molecule has 0 amide bonds. The van der Waals surface area contributed by atoms with E-state index in [0.29, 0.717) is 5.56 Å². The average molecular weight is 294 g/mol. The van der Waals surface area contributed by atoms with E-state index in [1.807, 2.05) is 0 Å². The monoisotopic (exact) mass is 294 g/mol.